The third-order valence-electron chi connectivity index (χ3n) is 2.05. The summed E-state index contributed by atoms with van der Waals surface area (Å²) in [5, 5.41) is 11.7. The highest BCUT2D eigenvalue weighted by Gasteiger charge is 2.23. The number of carboxylic acids is 1. The normalized spacial score (nSPS) is 18.7. The smallest absolute Gasteiger partial charge is 0.321 e. The zero-order valence-electron chi connectivity index (χ0n) is 7.12. The summed E-state index contributed by atoms with van der Waals surface area (Å²) in [5.41, 5.74) is 0. The van der Waals surface area contributed by atoms with E-state index in [0.717, 1.165) is 12.5 Å². The first-order chi connectivity index (χ1) is 5.74. The summed E-state index contributed by atoms with van der Waals surface area (Å²) >= 11 is 0. The van der Waals surface area contributed by atoms with Gasteiger partial charge >= 0.3 is 5.97 Å². The average Bonchev–Trinajstić information content (AvgIpc) is 2.80. The van der Waals surface area contributed by atoms with Crippen LogP contribution in [-0.2, 0) is 4.79 Å². The highest BCUT2D eigenvalue weighted by atomic mass is 16.4. The molecule has 1 aliphatic rings. The fraction of sp³-hybridized carbons (Fsp3) is 0.667. The molecule has 1 atom stereocenters. The van der Waals surface area contributed by atoms with Crippen LogP contribution in [0.1, 0.15) is 19.3 Å². The molecule has 1 rings (SSSR count). The summed E-state index contributed by atoms with van der Waals surface area (Å²) in [6.07, 6.45) is 4.63. The van der Waals surface area contributed by atoms with Gasteiger partial charge in [0, 0.05) is 0 Å². The van der Waals surface area contributed by atoms with Crippen molar-refractivity contribution in [2.24, 2.45) is 5.92 Å². The monoisotopic (exact) mass is 169 g/mol. The molecule has 0 bridgehead atoms. The van der Waals surface area contributed by atoms with Crippen LogP contribution in [0.4, 0.5) is 0 Å². The molecule has 0 amide bonds. The summed E-state index contributed by atoms with van der Waals surface area (Å²) in [4.78, 5) is 10.6. The summed E-state index contributed by atoms with van der Waals surface area (Å²) in [6.45, 7) is 4.36. The highest BCUT2D eigenvalue weighted by molar-refractivity contribution is 5.73. The maximum Gasteiger partial charge on any atom is 0.321 e. The molecule has 3 nitrogen and oxygen atoms in total. The topological polar surface area (TPSA) is 49.3 Å². The molecule has 0 heterocycles. The van der Waals surface area contributed by atoms with Crippen molar-refractivity contribution < 1.29 is 9.90 Å². The fourth-order valence-electron chi connectivity index (χ4n) is 1.07. The van der Waals surface area contributed by atoms with Crippen LogP contribution in [0.25, 0.3) is 0 Å². The van der Waals surface area contributed by atoms with Gasteiger partial charge in [0.05, 0.1) is 0 Å². The second kappa shape index (κ2) is 4.26. The molecule has 2 N–H and O–H groups in total. The minimum atomic E-state index is -0.782. The zero-order valence-corrected chi connectivity index (χ0v) is 7.12. The Morgan fingerprint density at radius 3 is 2.83 bits per heavy atom. The predicted octanol–water partition coefficient (Wildman–Crippen LogP) is 1.02. The van der Waals surface area contributed by atoms with Gasteiger partial charge in [-0.05, 0) is 31.7 Å². The molecule has 1 fully saturated rings. The van der Waals surface area contributed by atoms with E-state index in [1.807, 2.05) is 0 Å². The minimum absolute atomic E-state index is 0.442. The van der Waals surface area contributed by atoms with Crippen molar-refractivity contribution in [3.8, 4) is 0 Å². The van der Waals surface area contributed by atoms with Crippen molar-refractivity contribution in [2.75, 3.05) is 6.54 Å². The first-order valence-corrected chi connectivity index (χ1v) is 4.31. The summed E-state index contributed by atoms with van der Waals surface area (Å²) in [5.74, 6) is -0.0628. The van der Waals surface area contributed by atoms with Gasteiger partial charge in [-0.15, -0.1) is 6.58 Å². The third-order valence-corrected chi connectivity index (χ3v) is 2.05. The van der Waals surface area contributed by atoms with Crippen molar-refractivity contribution in [1.29, 1.82) is 0 Å². The Kier molecular flexibility index (Phi) is 3.29. The largest absolute Gasteiger partial charge is 0.480 e. The van der Waals surface area contributed by atoms with Gasteiger partial charge in [0.2, 0.25) is 0 Å². The zero-order chi connectivity index (χ0) is 8.97. The molecule has 1 aliphatic carbocycles. The number of aliphatic carboxylic acids is 1. The Morgan fingerprint density at radius 1 is 1.75 bits per heavy atom. The lowest BCUT2D eigenvalue weighted by Crippen LogP contribution is -2.37. The van der Waals surface area contributed by atoms with Gasteiger partial charge in [-0.2, -0.15) is 0 Å². The van der Waals surface area contributed by atoms with Gasteiger partial charge in [0.15, 0.2) is 0 Å². The Balaban J connectivity index is 2.20. The molecule has 68 valence electrons. The standard InChI is InChI=1S/C9H15NO2/c1-2-3-8(9(11)12)10-6-7-4-5-7/h2,7-8,10H,1,3-6H2,(H,11,12). The van der Waals surface area contributed by atoms with E-state index >= 15 is 0 Å². The van der Waals surface area contributed by atoms with Crippen LogP contribution in [0.2, 0.25) is 0 Å². The van der Waals surface area contributed by atoms with E-state index in [1.54, 1.807) is 6.08 Å². The molecular weight excluding hydrogens is 154 g/mol. The molecular formula is C9H15NO2. The Morgan fingerprint density at radius 2 is 2.42 bits per heavy atom. The predicted molar refractivity (Wildman–Crippen MR) is 47.0 cm³/mol. The first-order valence-electron chi connectivity index (χ1n) is 4.31. The maximum absolute atomic E-state index is 10.6. The molecule has 3 heteroatoms. The third kappa shape index (κ3) is 3.05. The lowest BCUT2D eigenvalue weighted by Gasteiger charge is -2.11. The lowest BCUT2D eigenvalue weighted by molar-refractivity contribution is -0.139. The van der Waals surface area contributed by atoms with Crippen LogP contribution in [0.15, 0.2) is 12.7 Å². The maximum atomic E-state index is 10.6. The van der Waals surface area contributed by atoms with E-state index in [2.05, 4.69) is 11.9 Å². The van der Waals surface area contributed by atoms with Crippen LogP contribution in [0.3, 0.4) is 0 Å². The first kappa shape index (κ1) is 9.26. The second-order valence-electron chi connectivity index (χ2n) is 3.27. The van der Waals surface area contributed by atoms with E-state index < -0.39 is 12.0 Å². The van der Waals surface area contributed by atoms with Crippen LogP contribution in [0, 0.1) is 5.92 Å². The molecule has 0 aliphatic heterocycles. The quantitative estimate of drug-likeness (QED) is 0.583. The van der Waals surface area contributed by atoms with E-state index in [-0.39, 0.29) is 0 Å². The molecule has 0 saturated heterocycles. The van der Waals surface area contributed by atoms with E-state index in [1.165, 1.54) is 12.8 Å². The van der Waals surface area contributed by atoms with E-state index in [9.17, 15) is 4.79 Å². The number of hydrogen-bond acceptors (Lipinski definition) is 2. The summed E-state index contributed by atoms with van der Waals surface area (Å²) in [7, 11) is 0. The molecule has 12 heavy (non-hydrogen) atoms. The van der Waals surface area contributed by atoms with Crippen molar-refractivity contribution in [3.05, 3.63) is 12.7 Å². The minimum Gasteiger partial charge on any atom is -0.480 e. The Hall–Kier alpha value is -0.830. The molecule has 1 unspecified atom stereocenters. The number of carboxylic acid groups (broad SMARTS) is 1. The fourth-order valence-corrected chi connectivity index (χ4v) is 1.07. The summed E-state index contributed by atoms with van der Waals surface area (Å²) in [6, 6.07) is -0.442. The number of nitrogens with one attached hydrogen (secondary N) is 1. The molecule has 0 radical (unpaired) electrons. The van der Waals surface area contributed by atoms with Crippen LogP contribution in [-0.4, -0.2) is 23.7 Å². The van der Waals surface area contributed by atoms with Gasteiger partial charge in [-0.25, -0.2) is 0 Å². The Labute approximate surface area is 72.5 Å². The number of rotatable bonds is 6. The number of carbonyl (C=O) groups is 1. The Bertz CT molecular complexity index is 175. The average molecular weight is 169 g/mol. The van der Waals surface area contributed by atoms with E-state index in [4.69, 9.17) is 5.11 Å². The lowest BCUT2D eigenvalue weighted by atomic mass is 10.2. The van der Waals surface area contributed by atoms with Gasteiger partial charge in [0.25, 0.3) is 0 Å². The molecule has 0 spiro atoms. The van der Waals surface area contributed by atoms with Crippen LogP contribution in [0.5, 0.6) is 0 Å². The van der Waals surface area contributed by atoms with Crippen LogP contribution < -0.4 is 5.32 Å². The van der Waals surface area contributed by atoms with E-state index in [0.29, 0.717) is 6.42 Å². The SMILES string of the molecule is C=CCC(NCC1CC1)C(=O)O. The molecule has 0 aromatic heterocycles. The van der Waals surface area contributed by atoms with Gasteiger partial charge < -0.3 is 10.4 Å². The van der Waals surface area contributed by atoms with Gasteiger partial charge in [-0.1, -0.05) is 6.08 Å². The van der Waals surface area contributed by atoms with Crippen LogP contribution >= 0.6 is 0 Å². The van der Waals surface area contributed by atoms with Crippen molar-refractivity contribution in [1.82, 2.24) is 5.32 Å². The van der Waals surface area contributed by atoms with Crippen molar-refractivity contribution in [3.63, 3.8) is 0 Å². The molecule has 0 aromatic rings. The number of hydrogen-bond donors (Lipinski definition) is 2. The highest BCUT2D eigenvalue weighted by Crippen LogP contribution is 2.27. The molecule has 0 aromatic carbocycles. The second-order valence-corrected chi connectivity index (χ2v) is 3.27. The molecule has 1 saturated carbocycles. The van der Waals surface area contributed by atoms with Crippen molar-refractivity contribution >= 4 is 5.97 Å². The van der Waals surface area contributed by atoms with Crippen molar-refractivity contribution in [2.45, 2.75) is 25.3 Å². The van der Waals surface area contributed by atoms with Gasteiger partial charge in [0.1, 0.15) is 6.04 Å². The summed E-state index contributed by atoms with van der Waals surface area (Å²) < 4.78 is 0. The van der Waals surface area contributed by atoms with Gasteiger partial charge in [-0.3, -0.25) is 4.79 Å².